The van der Waals surface area contributed by atoms with Crippen LogP contribution in [0, 0.1) is 38.2 Å². The Kier molecular flexibility index (Phi) is 11.3. The lowest BCUT2D eigenvalue weighted by atomic mass is 9.32. The second-order valence-corrected chi connectivity index (χ2v) is 21.6. The van der Waals surface area contributed by atoms with Crippen LogP contribution in [0.3, 0.4) is 0 Å². The van der Waals surface area contributed by atoms with Crippen molar-refractivity contribution in [2.24, 2.45) is 28.1 Å². The number of hydrogen-bond donors (Lipinski definition) is 3. The fourth-order valence-corrected chi connectivity index (χ4v) is 12.0. The summed E-state index contributed by atoms with van der Waals surface area (Å²) in [6.45, 7) is 11.1. The molecule has 0 unspecified atom stereocenters. The van der Waals surface area contributed by atoms with Gasteiger partial charge in [-0.05, 0) is 110 Å². The molecule has 63 heavy (non-hydrogen) atoms. The van der Waals surface area contributed by atoms with Crippen molar-refractivity contribution in [3.63, 3.8) is 0 Å². The zero-order valence-corrected chi connectivity index (χ0v) is 37.0. The van der Waals surface area contributed by atoms with Gasteiger partial charge in [0.05, 0.1) is 21.6 Å². The monoisotopic (exact) mass is 885 g/mol. The molecular weight excluding hydrogens is 829 g/mol. The van der Waals surface area contributed by atoms with Crippen molar-refractivity contribution in [1.82, 2.24) is 19.6 Å². The van der Waals surface area contributed by atoms with Gasteiger partial charge in [-0.2, -0.15) is 0 Å². The average Bonchev–Trinajstić information content (AvgIpc) is 3.68. The van der Waals surface area contributed by atoms with E-state index >= 15 is 0 Å². The highest BCUT2D eigenvalue weighted by Gasteiger charge is 2.73. The number of piperazine rings is 1. The van der Waals surface area contributed by atoms with Crippen molar-refractivity contribution in [2.75, 3.05) is 49.5 Å². The molecule has 5 fully saturated rings. The van der Waals surface area contributed by atoms with Gasteiger partial charge in [-0.1, -0.05) is 44.8 Å². The number of alkyl halides is 2. The Morgan fingerprint density at radius 3 is 2.49 bits per heavy atom. The van der Waals surface area contributed by atoms with Crippen LogP contribution in [-0.2, 0) is 10.0 Å². The fourth-order valence-electron chi connectivity index (χ4n) is 11.0. The lowest BCUT2D eigenvalue weighted by molar-refractivity contribution is -0.384. The normalized spacial score (nSPS) is 26.0. The van der Waals surface area contributed by atoms with Gasteiger partial charge in [-0.25, -0.2) is 26.9 Å². The van der Waals surface area contributed by atoms with E-state index in [4.69, 9.17) is 4.74 Å². The van der Waals surface area contributed by atoms with Crippen LogP contribution in [0.4, 0.5) is 25.8 Å². The number of rotatable bonds is 14. The number of nitrogens with one attached hydrogen (secondary N) is 3. The van der Waals surface area contributed by atoms with E-state index in [1.165, 1.54) is 35.5 Å². The van der Waals surface area contributed by atoms with E-state index in [0.717, 1.165) is 81.7 Å². The van der Waals surface area contributed by atoms with Crippen LogP contribution in [-0.4, -0.2) is 79.8 Å². The number of aromatic amines is 1. The number of hydrogen-bond acceptors (Lipinski definition) is 10. The number of ether oxygens (including phenoxy) is 1. The van der Waals surface area contributed by atoms with E-state index in [1.807, 2.05) is 6.07 Å². The number of nitro benzene ring substituents is 1. The summed E-state index contributed by atoms with van der Waals surface area (Å²) < 4.78 is 63.5. The minimum absolute atomic E-state index is 0.0385. The molecule has 5 aliphatic carbocycles. The number of benzene rings is 2. The number of carbonyl (C=O) groups is 1. The van der Waals surface area contributed by atoms with Crippen LogP contribution in [0.1, 0.15) is 95.3 Å². The number of amides is 1. The lowest BCUT2D eigenvalue weighted by Crippen LogP contribution is -2.66. The van der Waals surface area contributed by atoms with E-state index in [9.17, 15) is 32.1 Å². The summed E-state index contributed by atoms with van der Waals surface area (Å²) in [5, 5.41) is 16.1. The van der Waals surface area contributed by atoms with Crippen molar-refractivity contribution < 1.29 is 31.7 Å². The molecular formula is C47H57F2N7O6S. The molecule has 3 heterocycles. The third kappa shape index (κ3) is 8.64. The van der Waals surface area contributed by atoms with Gasteiger partial charge in [0.2, 0.25) is 6.43 Å². The molecule has 0 spiro atoms. The van der Waals surface area contributed by atoms with Crippen LogP contribution in [0.25, 0.3) is 11.0 Å². The third-order valence-corrected chi connectivity index (χ3v) is 16.1. The number of fused-ring (bicyclic) bond motifs is 1. The summed E-state index contributed by atoms with van der Waals surface area (Å²) in [5.41, 5.74) is 3.46. The molecule has 6 aliphatic rings. The highest BCUT2D eigenvalue weighted by atomic mass is 32.2. The zero-order chi connectivity index (χ0) is 44.3. The van der Waals surface area contributed by atoms with Crippen molar-refractivity contribution in [2.45, 2.75) is 96.3 Å². The number of nitro groups is 1. The summed E-state index contributed by atoms with van der Waals surface area (Å²) in [6.07, 6.45) is 10.2. The van der Waals surface area contributed by atoms with Gasteiger partial charge in [-0.15, -0.1) is 0 Å². The number of anilines is 2. The summed E-state index contributed by atoms with van der Waals surface area (Å²) in [5.74, 6) is 0.527. The van der Waals surface area contributed by atoms with Crippen LogP contribution in [0.5, 0.6) is 11.5 Å². The number of pyridine rings is 1. The first-order valence-corrected chi connectivity index (χ1v) is 23.8. The molecule has 336 valence electrons. The molecule has 1 aliphatic heterocycles. The minimum Gasteiger partial charge on any atom is -0.455 e. The van der Waals surface area contributed by atoms with Gasteiger partial charge in [0.25, 0.3) is 21.6 Å². The van der Waals surface area contributed by atoms with Gasteiger partial charge >= 0.3 is 0 Å². The minimum atomic E-state index is -4.56. The van der Waals surface area contributed by atoms with Crippen molar-refractivity contribution in [1.29, 1.82) is 0 Å². The van der Waals surface area contributed by atoms with Gasteiger partial charge in [0.1, 0.15) is 22.8 Å². The van der Waals surface area contributed by atoms with Crippen molar-refractivity contribution >= 4 is 44.0 Å². The SMILES string of the molecule is CC1CCC(CNc2ccc(S(=O)(=O)NC(=O)c3ccc(N4CCN(CC5=C(C67CC(C(F)F)(C6)C7)CC(C)(C)CC5)CC4)cc3Oc3cnc4[nH]ccc4c3)cc2[N+](=O)[O-])CC1. The van der Waals surface area contributed by atoms with Crippen molar-refractivity contribution in [3.05, 3.63) is 87.7 Å². The zero-order valence-electron chi connectivity index (χ0n) is 36.2. The quantitative estimate of drug-likeness (QED) is 0.0632. The molecule has 10 rings (SSSR count). The standard InChI is InChI=1S/C47H57F2N7O6S/c1-30-4-6-31(7-5-30)24-51-39-11-9-36(22-40(39)56(58)59)63(60,61)53-43(57)37-10-8-34(21-41(37)62-35-20-32-13-15-50-42(32)52-25-35)55-18-16-54(17-19-55)26-33-12-14-45(2,3)23-38(33)46-27-47(28-46,29-46)44(48)49/h8-11,13,15,20-22,25,30-31,44,51H,4-7,12,14,16-19,23-24,26-29H2,1-3H3,(H,50,52)(H,53,57). The van der Waals surface area contributed by atoms with Crippen LogP contribution in [0.15, 0.2) is 77.0 Å². The van der Waals surface area contributed by atoms with Crippen LogP contribution < -0.4 is 19.7 Å². The van der Waals surface area contributed by atoms with E-state index < -0.39 is 43.3 Å². The fraction of sp³-hybridized carbons (Fsp3) is 0.532. The number of halogens is 2. The largest absolute Gasteiger partial charge is 0.455 e. The maximum atomic E-state index is 13.9. The molecule has 1 amide bonds. The highest BCUT2D eigenvalue weighted by molar-refractivity contribution is 7.90. The molecule has 4 saturated carbocycles. The molecule has 2 bridgehead atoms. The molecule has 13 nitrogen and oxygen atoms in total. The molecule has 3 N–H and O–H groups in total. The Morgan fingerprint density at radius 2 is 1.78 bits per heavy atom. The molecule has 0 radical (unpaired) electrons. The molecule has 0 atom stereocenters. The summed E-state index contributed by atoms with van der Waals surface area (Å²) in [6, 6.07) is 12.2. The Bertz CT molecular complexity index is 2540. The molecule has 1 saturated heterocycles. The lowest BCUT2D eigenvalue weighted by Gasteiger charge is -2.72. The number of carbonyl (C=O) groups excluding carboxylic acids is 1. The molecule has 4 aromatic rings. The van der Waals surface area contributed by atoms with Gasteiger partial charge in [0.15, 0.2) is 0 Å². The van der Waals surface area contributed by atoms with Crippen molar-refractivity contribution in [3.8, 4) is 11.5 Å². The summed E-state index contributed by atoms with van der Waals surface area (Å²) in [7, 11) is -4.56. The number of H-pyrrole nitrogens is 1. The predicted molar refractivity (Wildman–Crippen MR) is 238 cm³/mol. The molecule has 2 aromatic heterocycles. The van der Waals surface area contributed by atoms with Gasteiger partial charge in [-0.3, -0.25) is 19.8 Å². The summed E-state index contributed by atoms with van der Waals surface area (Å²) >= 11 is 0. The molecule has 16 heteroatoms. The Hall–Kier alpha value is -5.09. The maximum Gasteiger partial charge on any atom is 0.293 e. The second kappa shape index (κ2) is 16.5. The first-order chi connectivity index (χ1) is 30.0. The number of nitrogens with zero attached hydrogens (tertiary/aromatic N) is 4. The summed E-state index contributed by atoms with van der Waals surface area (Å²) in [4.78, 5) is 37.1. The number of sulfonamides is 1. The van der Waals surface area contributed by atoms with Crippen LogP contribution >= 0.6 is 0 Å². The second-order valence-electron chi connectivity index (χ2n) is 19.9. The first kappa shape index (κ1) is 43.2. The van der Waals surface area contributed by atoms with E-state index in [0.29, 0.717) is 62.1 Å². The Balaban J connectivity index is 0.913. The topological polar surface area (TPSA) is 163 Å². The maximum absolute atomic E-state index is 13.9. The highest BCUT2D eigenvalue weighted by Crippen LogP contribution is 2.79. The number of aromatic nitrogens is 2. The number of allylic oxidation sites excluding steroid dienone is 1. The Morgan fingerprint density at radius 1 is 1.03 bits per heavy atom. The average molecular weight is 886 g/mol. The van der Waals surface area contributed by atoms with Gasteiger partial charge in [0, 0.05) is 74.1 Å². The van der Waals surface area contributed by atoms with E-state index in [2.05, 4.69) is 50.6 Å². The van der Waals surface area contributed by atoms with Crippen LogP contribution in [0.2, 0.25) is 0 Å². The smallest absolute Gasteiger partial charge is 0.293 e. The predicted octanol–water partition coefficient (Wildman–Crippen LogP) is 9.68. The Labute approximate surface area is 367 Å². The first-order valence-electron chi connectivity index (χ1n) is 22.3. The van der Waals surface area contributed by atoms with E-state index in [-0.39, 0.29) is 27.8 Å². The van der Waals surface area contributed by atoms with Gasteiger partial charge < -0.3 is 19.9 Å². The third-order valence-electron chi connectivity index (χ3n) is 14.7. The molecule has 2 aromatic carbocycles. The van der Waals surface area contributed by atoms with E-state index in [1.54, 1.807) is 24.4 Å².